The molecule has 2 fully saturated rings. The third-order valence-electron chi connectivity index (χ3n) is 7.47. The zero-order valence-electron chi connectivity index (χ0n) is 20.3. The van der Waals surface area contributed by atoms with Gasteiger partial charge in [-0.2, -0.15) is 0 Å². The molecule has 3 heterocycles. The number of benzene rings is 2. The van der Waals surface area contributed by atoms with Crippen LogP contribution in [-0.2, 0) is 9.59 Å². The molecule has 3 aliphatic rings. The Balaban J connectivity index is 1.25. The molecule has 6 heteroatoms. The summed E-state index contributed by atoms with van der Waals surface area (Å²) in [6.07, 6.45) is 4.80. The molecule has 1 aromatic heterocycles. The molecular weight excluding hydrogens is 436 g/mol. The highest BCUT2D eigenvalue weighted by Gasteiger charge is 2.43. The van der Waals surface area contributed by atoms with Crippen LogP contribution in [0.15, 0.2) is 65.8 Å². The Labute approximate surface area is 205 Å². The average Bonchev–Trinajstić information content (AvgIpc) is 3.58. The van der Waals surface area contributed by atoms with Crippen LogP contribution in [0.3, 0.4) is 0 Å². The molecule has 1 atom stereocenters. The standard InChI is InChI=1S/C29H30N4O2/c1-29(2)28(35)33(18-19-14-16-32(17-19)27(34)22-12-13-22)26(31-29)21-10-8-20(9-11-21)23-5-3-7-25-24(23)6-4-15-30-25/h3-11,15,19,22H,12-14,16-18H2,1-2H3/t19-/m1/s1. The van der Waals surface area contributed by atoms with Gasteiger partial charge in [-0.05, 0) is 62.3 Å². The third-order valence-corrected chi connectivity index (χ3v) is 7.47. The Kier molecular flexibility index (Phi) is 5.20. The highest BCUT2D eigenvalue weighted by Crippen LogP contribution is 2.34. The van der Waals surface area contributed by atoms with Crippen molar-refractivity contribution in [2.45, 2.75) is 38.6 Å². The summed E-state index contributed by atoms with van der Waals surface area (Å²) in [6.45, 7) is 5.90. The maximum atomic E-state index is 13.3. The van der Waals surface area contributed by atoms with Gasteiger partial charge in [-0.15, -0.1) is 0 Å². The van der Waals surface area contributed by atoms with Gasteiger partial charge in [0.25, 0.3) is 5.91 Å². The van der Waals surface area contributed by atoms with Gasteiger partial charge in [-0.25, -0.2) is 0 Å². The average molecular weight is 467 g/mol. The van der Waals surface area contributed by atoms with E-state index in [0.717, 1.165) is 65.8 Å². The predicted molar refractivity (Wildman–Crippen MR) is 137 cm³/mol. The molecule has 2 aliphatic heterocycles. The summed E-state index contributed by atoms with van der Waals surface area (Å²) in [5.74, 6) is 1.59. The molecule has 1 saturated heterocycles. The van der Waals surface area contributed by atoms with Gasteiger partial charge in [0.05, 0.1) is 5.52 Å². The summed E-state index contributed by atoms with van der Waals surface area (Å²) in [6, 6.07) is 18.5. The van der Waals surface area contributed by atoms with E-state index in [0.29, 0.717) is 12.5 Å². The zero-order valence-corrected chi connectivity index (χ0v) is 20.3. The van der Waals surface area contributed by atoms with E-state index in [4.69, 9.17) is 4.99 Å². The van der Waals surface area contributed by atoms with Gasteiger partial charge in [0.15, 0.2) is 0 Å². The number of carbonyl (C=O) groups is 2. The first-order valence-corrected chi connectivity index (χ1v) is 12.6. The van der Waals surface area contributed by atoms with Crippen molar-refractivity contribution in [3.8, 4) is 11.1 Å². The lowest BCUT2D eigenvalue weighted by Gasteiger charge is -2.24. The molecule has 0 unspecified atom stereocenters. The second kappa shape index (κ2) is 8.29. The Morgan fingerprint density at radius 2 is 1.77 bits per heavy atom. The fourth-order valence-corrected chi connectivity index (χ4v) is 5.37. The van der Waals surface area contributed by atoms with Crippen LogP contribution >= 0.6 is 0 Å². The fourth-order valence-electron chi connectivity index (χ4n) is 5.37. The minimum atomic E-state index is -0.780. The van der Waals surface area contributed by atoms with Crippen LogP contribution in [0.4, 0.5) is 0 Å². The number of hydrogen-bond acceptors (Lipinski definition) is 4. The van der Waals surface area contributed by atoms with Gasteiger partial charge < -0.3 is 4.90 Å². The second-order valence-electron chi connectivity index (χ2n) is 10.6. The van der Waals surface area contributed by atoms with Crippen molar-refractivity contribution in [3.63, 3.8) is 0 Å². The monoisotopic (exact) mass is 466 g/mol. The number of hydrogen-bond donors (Lipinski definition) is 0. The summed E-state index contributed by atoms with van der Waals surface area (Å²) in [7, 11) is 0. The van der Waals surface area contributed by atoms with Gasteiger partial charge in [0.2, 0.25) is 5.91 Å². The maximum absolute atomic E-state index is 13.3. The van der Waals surface area contributed by atoms with Gasteiger partial charge in [-0.3, -0.25) is 24.5 Å². The van der Waals surface area contributed by atoms with Crippen LogP contribution in [0.1, 0.15) is 38.7 Å². The molecule has 35 heavy (non-hydrogen) atoms. The first kappa shape index (κ1) is 22.0. The van der Waals surface area contributed by atoms with Crippen LogP contribution in [0.5, 0.6) is 0 Å². The van der Waals surface area contributed by atoms with Crippen molar-refractivity contribution in [1.29, 1.82) is 0 Å². The largest absolute Gasteiger partial charge is 0.342 e. The summed E-state index contributed by atoms with van der Waals surface area (Å²) in [5.41, 5.74) is 3.37. The van der Waals surface area contributed by atoms with Gasteiger partial charge >= 0.3 is 0 Å². The second-order valence-corrected chi connectivity index (χ2v) is 10.6. The number of amides is 2. The minimum Gasteiger partial charge on any atom is -0.342 e. The Hall–Kier alpha value is -3.54. The van der Waals surface area contributed by atoms with E-state index in [9.17, 15) is 9.59 Å². The summed E-state index contributed by atoms with van der Waals surface area (Å²) < 4.78 is 0. The number of aromatic nitrogens is 1. The predicted octanol–water partition coefficient (Wildman–Crippen LogP) is 4.53. The van der Waals surface area contributed by atoms with E-state index in [2.05, 4.69) is 41.4 Å². The van der Waals surface area contributed by atoms with E-state index >= 15 is 0 Å². The number of fused-ring (bicyclic) bond motifs is 1. The van der Waals surface area contributed by atoms with Crippen LogP contribution in [-0.4, -0.2) is 57.6 Å². The van der Waals surface area contributed by atoms with E-state index in [1.54, 1.807) is 0 Å². The van der Waals surface area contributed by atoms with Gasteiger partial charge in [0, 0.05) is 42.7 Å². The van der Waals surface area contributed by atoms with Crippen molar-refractivity contribution in [3.05, 3.63) is 66.4 Å². The van der Waals surface area contributed by atoms with Crippen molar-refractivity contribution in [1.82, 2.24) is 14.8 Å². The Morgan fingerprint density at radius 1 is 1.00 bits per heavy atom. The van der Waals surface area contributed by atoms with Crippen molar-refractivity contribution < 1.29 is 9.59 Å². The number of rotatable bonds is 5. The minimum absolute atomic E-state index is 0.0312. The van der Waals surface area contributed by atoms with E-state index in [1.807, 2.05) is 48.0 Å². The molecule has 0 bridgehead atoms. The van der Waals surface area contributed by atoms with E-state index in [-0.39, 0.29) is 17.7 Å². The van der Waals surface area contributed by atoms with Crippen molar-refractivity contribution >= 4 is 28.6 Å². The molecule has 2 amide bonds. The van der Waals surface area contributed by atoms with Crippen molar-refractivity contribution in [2.75, 3.05) is 19.6 Å². The molecule has 1 aliphatic carbocycles. The number of likely N-dealkylation sites (tertiary alicyclic amines) is 1. The van der Waals surface area contributed by atoms with Crippen LogP contribution in [0, 0.1) is 11.8 Å². The highest BCUT2D eigenvalue weighted by atomic mass is 16.2. The Morgan fingerprint density at radius 3 is 2.54 bits per heavy atom. The number of aliphatic imine (C=N–C) groups is 1. The molecule has 0 radical (unpaired) electrons. The van der Waals surface area contributed by atoms with Crippen LogP contribution < -0.4 is 0 Å². The lowest BCUT2D eigenvalue weighted by atomic mass is 9.99. The first-order valence-electron chi connectivity index (χ1n) is 12.6. The van der Waals surface area contributed by atoms with Crippen molar-refractivity contribution in [2.24, 2.45) is 16.8 Å². The maximum Gasteiger partial charge on any atom is 0.255 e. The molecule has 1 saturated carbocycles. The normalized spacial score (nSPS) is 21.6. The third kappa shape index (κ3) is 4.01. The molecule has 178 valence electrons. The quantitative estimate of drug-likeness (QED) is 0.555. The molecule has 3 aromatic rings. The fraction of sp³-hybridized carbons (Fsp3) is 0.379. The number of carbonyl (C=O) groups excluding carboxylic acids is 2. The highest BCUT2D eigenvalue weighted by molar-refractivity contribution is 6.15. The molecule has 0 N–H and O–H groups in total. The molecule has 6 nitrogen and oxygen atoms in total. The summed E-state index contributed by atoms with van der Waals surface area (Å²) in [4.78, 5) is 39.0. The first-order chi connectivity index (χ1) is 16.9. The zero-order chi connectivity index (χ0) is 24.2. The molecule has 2 aromatic carbocycles. The number of pyridine rings is 1. The smallest absolute Gasteiger partial charge is 0.255 e. The lowest BCUT2D eigenvalue weighted by molar-refractivity contribution is -0.131. The molecule has 0 spiro atoms. The Bertz CT molecular complexity index is 1340. The SMILES string of the molecule is CC1(C)N=C(c2ccc(-c3cccc4ncccc34)cc2)N(C[C@@H]2CCN(C(=O)C3CC3)C2)C1=O. The van der Waals surface area contributed by atoms with E-state index in [1.165, 1.54) is 0 Å². The van der Waals surface area contributed by atoms with Crippen LogP contribution in [0.2, 0.25) is 0 Å². The summed E-state index contributed by atoms with van der Waals surface area (Å²) >= 11 is 0. The molecular formula is C29H30N4O2. The molecule has 6 rings (SSSR count). The van der Waals surface area contributed by atoms with Gasteiger partial charge in [0.1, 0.15) is 11.4 Å². The number of amidine groups is 1. The van der Waals surface area contributed by atoms with Gasteiger partial charge in [-0.1, -0.05) is 42.5 Å². The number of nitrogens with zero attached hydrogens (tertiary/aromatic N) is 4. The topological polar surface area (TPSA) is 65.9 Å². The lowest BCUT2D eigenvalue weighted by Crippen LogP contribution is -2.42. The van der Waals surface area contributed by atoms with Crippen LogP contribution in [0.25, 0.3) is 22.0 Å². The summed E-state index contributed by atoms with van der Waals surface area (Å²) in [5, 5.41) is 1.12. The van der Waals surface area contributed by atoms with E-state index < -0.39 is 5.54 Å².